The van der Waals surface area contributed by atoms with Crippen molar-refractivity contribution in [3.8, 4) is 11.1 Å². The van der Waals surface area contributed by atoms with E-state index in [0.29, 0.717) is 0 Å². The van der Waals surface area contributed by atoms with E-state index in [1.165, 1.54) is 11.1 Å². The van der Waals surface area contributed by atoms with Gasteiger partial charge in [0.25, 0.3) is 0 Å². The molecule has 3 aromatic heterocycles. The predicted octanol–water partition coefficient (Wildman–Crippen LogP) is 3.59. The Balaban J connectivity index is 1.41. The second kappa shape index (κ2) is 7.97. The van der Waals surface area contributed by atoms with Gasteiger partial charge < -0.3 is 0 Å². The third kappa shape index (κ3) is 3.72. The molecule has 0 amide bonds. The Hall–Kier alpha value is -3.09. The zero-order chi connectivity index (χ0) is 20.5. The van der Waals surface area contributed by atoms with Crippen LogP contribution in [0.5, 0.6) is 0 Å². The molecular formula is C24H26N6. The van der Waals surface area contributed by atoms with Crippen molar-refractivity contribution in [1.82, 2.24) is 29.6 Å². The molecular weight excluding hydrogens is 372 g/mol. The maximum absolute atomic E-state index is 4.59. The van der Waals surface area contributed by atoms with Crippen LogP contribution in [0.3, 0.4) is 0 Å². The van der Waals surface area contributed by atoms with Crippen molar-refractivity contribution in [1.29, 1.82) is 0 Å². The van der Waals surface area contributed by atoms with E-state index in [1.807, 2.05) is 22.8 Å². The lowest BCUT2D eigenvalue weighted by atomic mass is 10.0. The highest BCUT2D eigenvalue weighted by molar-refractivity contribution is 5.66. The molecule has 0 bridgehead atoms. The summed E-state index contributed by atoms with van der Waals surface area (Å²) in [5.74, 6) is 0. The Morgan fingerprint density at radius 1 is 0.967 bits per heavy atom. The summed E-state index contributed by atoms with van der Waals surface area (Å²) >= 11 is 0. The first kappa shape index (κ1) is 18.9. The largest absolute Gasteiger partial charge is 0.295 e. The first-order chi connectivity index (χ1) is 14.7. The third-order valence-corrected chi connectivity index (χ3v) is 5.98. The summed E-state index contributed by atoms with van der Waals surface area (Å²) in [5, 5.41) is 9.04. The summed E-state index contributed by atoms with van der Waals surface area (Å²) in [6.07, 6.45) is 3.94. The molecule has 5 rings (SSSR count). The van der Waals surface area contributed by atoms with E-state index in [1.54, 1.807) is 0 Å². The number of benzene rings is 1. The van der Waals surface area contributed by atoms with Gasteiger partial charge in [-0.1, -0.05) is 47.2 Å². The van der Waals surface area contributed by atoms with Crippen molar-refractivity contribution in [2.75, 3.05) is 26.7 Å². The molecule has 0 spiro atoms. The van der Waals surface area contributed by atoms with E-state index >= 15 is 0 Å². The molecule has 6 heteroatoms. The van der Waals surface area contributed by atoms with Crippen molar-refractivity contribution < 1.29 is 0 Å². The van der Waals surface area contributed by atoms with Crippen LogP contribution in [-0.2, 0) is 6.54 Å². The van der Waals surface area contributed by atoms with E-state index in [0.717, 1.165) is 48.6 Å². The van der Waals surface area contributed by atoms with Crippen molar-refractivity contribution in [2.24, 2.45) is 0 Å². The first-order valence-corrected chi connectivity index (χ1v) is 10.4. The molecule has 152 valence electrons. The monoisotopic (exact) mass is 398 g/mol. The van der Waals surface area contributed by atoms with Crippen LogP contribution in [0.1, 0.15) is 23.0 Å². The summed E-state index contributed by atoms with van der Waals surface area (Å²) in [4.78, 5) is 9.33. The lowest BCUT2D eigenvalue weighted by Crippen LogP contribution is -2.46. The Morgan fingerprint density at radius 3 is 2.60 bits per heavy atom. The fraction of sp³-hybridized carbons (Fsp3) is 0.292. The first-order valence-electron chi connectivity index (χ1n) is 10.4. The highest BCUT2D eigenvalue weighted by atomic mass is 15.4. The van der Waals surface area contributed by atoms with Crippen molar-refractivity contribution in [2.45, 2.75) is 19.5 Å². The van der Waals surface area contributed by atoms with Crippen LogP contribution in [0, 0.1) is 6.92 Å². The molecule has 6 nitrogen and oxygen atoms in total. The molecule has 1 atom stereocenters. The predicted molar refractivity (Wildman–Crippen MR) is 118 cm³/mol. The number of nitrogens with zero attached hydrogens (tertiary/aromatic N) is 6. The third-order valence-electron chi connectivity index (χ3n) is 5.98. The Bertz CT molecular complexity index is 1140. The second-order valence-electron chi connectivity index (χ2n) is 8.14. The topological polar surface area (TPSA) is 49.6 Å². The van der Waals surface area contributed by atoms with Gasteiger partial charge in [0.2, 0.25) is 0 Å². The number of fused-ring (bicyclic) bond motifs is 1. The van der Waals surface area contributed by atoms with Crippen molar-refractivity contribution in [3.05, 3.63) is 83.9 Å². The Labute approximate surface area is 176 Å². The summed E-state index contributed by atoms with van der Waals surface area (Å²) in [5.41, 5.74) is 6.82. The fourth-order valence-electron chi connectivity index (χ4n) is 4.16. The van der Waals surface area contributed by atoms with Gasteiger partial charge in [-0.2, -0.15) is 0 Å². The molecule has 1 aromatic carbocycles. The van der Waals surface area contributed by atoms with Crippen LogP contribution in [0.4, 0.5) is 0 Å². The highest BCUT2D eigenvalue weighted by Crippen LogP contribution is 2.28. The van der Waals surface area contributed by atoms with Gasteiger partial charge in [-0.25, -0.2) is 4.52 Å². The van der Waals surface area contributed by atoms with Crippen molar-refractivity contribution >= 4 is 5.52 Å². The van der Waals surface area contributed by atoms with Crippen LogP contribution >= 0.6 is 0 Å². The number of hydrogen-bond acceptors (Lipinski definition) is 5. The smallest absolute Gasteiger partial charge is 0.109 e. The van der Waals surface area contributed by atoms with E-state index in [9.17, 15) is 0 Å². The zero-order valence-electron chi connectivity index (χ0n) is 17.4. The van der Waals surface area contributed by atoms with Crippen LogP contribution < -0.4 is 0 Å². The lowest BCUT2D eigenvalue weighted by Gasteiger charge is -2.38. The lowest BCUT2D eigenvalue weighted by molar-refractivity contribution is 0.0881. The number of aryl methyl sites for hydroxylation is 1. The van der Waals surface area contributed by atoms with Crippen LogP contribution in [0.25, 0.3) is 16.6 Å². The second-order valence-corrected chi connectivity index (χ2v) is 8.14. The maximum atomic E-state index is 4.59. The van der Waals surface area contributed by atoms with Gasteiger partial charge in [0, 0.05) is 44.1 Å². The molecule has 1 fully saturated rings. The minimum absolute atomic E-state index is 0.213. The van der Waals surface area contributed by atoms with Crippen molar-refractivity contribution in [3.63, 3.8) is 0 Å². The van der Waals surface area contributed by atoms with E-state index < -0.39 is 0 Å². The molecule has 0 radical (unpaired) electrons. The zero-order valence-corrected chi connectivity index (χ0v) is 17.4. The average molecular weight is 399 g/mol. The van der Waals surface area contributed by atoms with E-state index in [2.05, 4.69) is 87.7 Å². The minimum atomic E-state index is 0.213. The normalized spacial score (nSPS) is 18.1. The Kier molecular flexibility index (Phi) is 5.02. The minimum Gasteiger partial charge on any atom is -0.295 e. The summed E-state index contributed by atoms with van der Waals surface area (Å²) in [6.45, 7) is 5.91. The van der Waals surface area contributed by atoms with Gasteiger partial charge in [0.05, 0.1) is 17.3 Å². The van der Waals surface area contributed by atoms with Crippen LogP contribution in [-0.4, -0.2) is 56.3 Å². The number of hydrogen-bond donors (Lipinski definition) is 0. The fourth-order valence-corrected chi connectivity index (χ4v) is 4.16. The summed E-state index contributed by atoms with van der Waals surface area (Å²) in [6, 6.07) is 19.2. The number of aromatic nitrogens is 4. The van der Waals surface area contributed by atoms with Gasteiger partial charge in [0.15, 0.2) is 0 Å². The van der Waals surface area contributed by atoms with Crippen LogP contribution in [0.15, 0.2) is 67.0 Å². The number of piperazine rings is 1. The molecule has 1 unspecified atom stereocenters. The molecule has 1 saturated heterocycles. The molecule has 0 aliphatic carbocycles. The molecule has 0 saturated carbocycles. The van der Waals surface area contributed by atoms with Gasteiger partial charge in [0.1, 0.15) is 5.69 Å². The number of likely N-dealkylation sites (N-methyl/N-ethyl adjacent to an activating group) is 1. The highest BCUT2D eigenvalue weighted by Gasteiger charge is 2.29. The molecule has 4 heterocycles. The molecule has 1 aliphatic heterocycles. The number of pyridine rings is 2. The maximum Gasteiger partial charge on any atom is 0.109 e. The SMILES string of the molecule is Cc1ccc(-c2ccc3c(C4CN(Cc5ccccn5)CCN4C)nnn3c2)cc1. The average Bonchev–Trinajstić information content (AvgIpc) is 3.19. The van der Waals surface area contributed by atoms with E-state index in [-0.39, 0.29) is 6.04 Å². The molecule has 0 N–H and O–H groups in total. The molecule has 4 aromatic rings. The molecule has 1 aliphatic rings. The molecule has 30 heavy (non-hydrogen) atoms. The van der Waals surface area contributed by atoms with Crippen LogP contribution in [0.2, 0.25) is 0 Å². The number of rotatable bonds is 4. The van der Waals surface area contributed by atoms with E-state index in [4.69, 9.17) is 0 Å². The summed E-state index contributed by atoms with van der Waals surface area (Å²) < 4.78 is 1.91. The van der Waals surface area contributed by atoms with Gasteiger partial charge in [-0.3, -0.25) is 14.8 Å². The van der Waals surface area contributed by atoms with Gasteiger partial charge >= 0.3 is 0 Å². The Morgan fingerprint density at radius 2 is 1.80 bits per heavy atom. The standard InChI is InChI=1S/C24H26N6/c1-18-6-8-19(9-7-18)20-10-11-22-24(26-27-30(22)15-20)23-17-29(14-13-28(23)2)16-21-5-3-4-12-25-21/h3-12,15,23H,13-14,16-17H2,1-2H3. The summed E-state index contributed by atoms with van der Waals surface area (Å²) in [7, 11) is 2.18. The quantitative estimate of drug-likeness (QED) is 0.526. The van der Waals surface area contributed by atoms with Gasteiger partial charge in [-0.05, 0) is 37.7 Å². The van der Waals surface area contributed by atoms with Gasteiger partial charge in [-0.15, -0.1) is 5.10 Å².